The molecule has 0 amide bonds. The Labute approximate surface area is 186 Å². The molecule has 7 nitrogen and oxygen atoms in total. The predicted molar refractivity (Wildman–Crippen MR) is 120 cm³/mol. The molecule has 2 aliphatic rings. The highest BCUT2D eigenvalue weighted by Crippen LogP contribution is 2.32. The van der Waals surface area contributed by atoms with Gasteiger partial charge in [0.05, 0.1) is 26.9 Å². The molecule has 0 bridgehead atoms. The van der Waals surface area contributed by atoms with Crippen LogP contribution >= 0.6 is 0 Å². The van der Waals surface area contributed by atoms with Crippen LogP contribution in [0.3, 0.4) is 0 Å². The molecule has 0 aromatic heterocycles. The van der Waals surface area contributed by atoms with Gasteiger partial charge in [-0.3, -0.25) is 14.6 Å². The zero-order chi connectivity index (χ0) is 22.4. The van der Waals surface area contributed by atoms with E-state index in [2.05, 4.69) is 11.0 Å². The van der Waals surface area contributed by atoms with E-state index in [9.17, 15) is 9.90 Å². The normalized spacial score (nSPS) is 25.5. The van der Waals surface area contributed by atoms with Gasteiger partial charge < -0.3 is 19.3 Å². The van der Waals surface area contributed by atoms with Gasteiger partial charge in [0.2, 0.25) is 0 Å². The highest BCUT2D eigenvalue weighted by molar-refractivity contribution is 5.74. The fraction of sp³-hybridized carbons (Fsp3) is 0.708. The maximum absolute atomic E-state index is 11.7. The third-order valence-corrected chi connectivity index (χ3v) is 6.82. The number of nitrogens with zero attached hydrogens (tertiary/aromatic N) is 2. The molecule has 2 unspecified atom stereocenters. The first-order chi connectivity index (χ1) is 14.9. The Morgan fingerprint density at radius 2 is 1.90 bits per heavy atom. The summed E-state index contributed by atoms with van der Waals surface area (Å²) in [5, 5.41) is 9.65. The Morgan fingerprint density at radius 3 is 2.58 bits per heavy atom. The number of ether oxygens (including phenoxy) is 3. The zero-order valence-electron chi connectivity index (χ0n) is 19.4. The minimum atomic E-state index is -0.719. The Kier molecular flexibility index (Phi) is 8.58. The second-order valence-corrected chi connectivity index (χ2v) is 8.99. The highest BCUT2D eigenvalue weighted by Gasteiger charge is 2.40. The van der Waals surface area contributed by atoms with Gasteiger partial charge in [-0.15, -0.1) is 0 Å². The fourth-order valence-corrected chi connectivity index (χ4v) is 5.27. The number of likely N-dealkylation sites (N-methyl/N-ethyl adjacent to an activating group) is 1. The standard InChI is InChI=1S/C24H38N2O5/c1-25(2)23(24(27)28)18-11-13-26(16-18)19-7-5-6-8-20(19)31-14-12-17-9-10-21(29-3)22(15-17)30-4/h9-10,15,18-20,23H,5-8,11-14,16H2,1-4H3,(H,27,28)/t18?,19-,20-,23?/m1/s1. The first-order valence-electron chi connectivity index (χ1n) is 11.4. The van der Waals surface area contributed by atoms with Crippen molar-refractivity contribution in [2.24, 2.45) is 5.92 Å². The van der Waals surface area contributed by atoms with Crippen LogP contribution < -0.4 is 9.47 Å². The van der Waals surface area contributed by atoms with E-state index in [4.69, 9.17) is 14.2 Å². The van der Waals surface area contributed by atoms with Crippen molar-refractivity contribution >= 4 is 5.97 Å². The SMILES string of the molecule is COc1ccc(CCO[C@@H]2CCCC[C@H]2N2CCC(C(C(=O)O)N(C)C)C2)cc1OC. The second-order valence-electron chi connectivity index (χ2n) is 8.99. The Bertz CT molecular complexity index is 726. The van der Waals surface area contributed by atoms with Crippen molar-refractivity contribution < 1.29 is 24.1 Å². The molecular weight excluding hydrogens is 396 g/mol. The average molecular weight is 435 g/mol. The van der Waals surface area contributed by atoms with Gasteiger partial charge in [-0.1, -0.05) is 18.9 Å². The summed E-state index contributed by atoms with van der Waals surface area (Å²) in [5.74, 6) is 0.929. The lowest BCUT2D eigenvalue weighted by Crippen LogP contribution is -2.48. The van der Waals surface area contributed by atoms with E-state index >= 15 is 0 Å². The molecule has 0 radical (unpaired) electrons. The third-order valence-electron chi connectivity index (χ3n) is 6.82. The van der Waals surface area contributed by atoms with Gasteiger partial charge in [-0.2, -0.15) is 0 Å². The van der Waals surface area contributed by atoms with Gasteiger partial charge >= 0.3 is 5.97 Å². The molecule has 1 N–H and O–H groups in total. The summed E-state index contributed by atoms with van der Waals surface area (Å²) in [6.45, 7) is 2.47. The number of likely N-dealkylation sites (tertiary alicyclic amines) is 1. The summed E-state index contributed by atoms with van der Waals surface area (Å²) < 4.78 is 17.1. The number of aliphatic carboxylic acids is 1. The molecule has 0 spiro atoms. The Morgan fingerprint density at radius 1 is 1.16 bits per heavy atom. The van der Waals surface area contributed by atoms with E-state index in [1.165, 1.54) is 18.4 Å². The molecule has 31 heavy (non-hydrogen) atoms. The molecule has 4 atom stereocenters. The largest absolute Gasteiger partial charge is 0.493 e. The van der Waals surface area contributed by atoms with Gasteiger partial charge in [0.1, 0.15) is 6.04 Å². The first-order valence-corrected chi connectivity index (χ1v) is 11.4. The van der Waals surface area contributed by atoms with Crippen molar-refractivity contribution in [3.05, 3.63) is 23.8 Å². The minimum Gasteiger partial charge on any atom is -0.493 e. The summed E-state index contributed by atoms with van der Waals surface area (Å²) in [6, 6.07) is 5.98. The van der Waals surface area contributed by atoms with Crippen molar-refractivity contribution in [3.63, 3.8) is 0 Å². The summed E-state index contributed by atoms with van der Waals surface area (Å²) in [7, 11) is 7.02. The van der Waals surface area contributed by atoms with Crippen LogP contribution in [0.4, 0.5) is 0 Å². The molecule has 1 aromatic carbocycles. The number of carbonyl (C=O) groups is 1. The molecule has 3 rings (SSSR count). The number of methoxy groups -OCH3 is 2. The molecule has 2 fully saturated rings. The number of benzene rings is 1. The van der Waals surface area contributed by atoms with Crippen LogP contribution in [0.2, 0.25) is 0 Å². The minimum absolute atomic E-state index is 0.168. The lowest BCUT2D eigenvalue weighted by molar-refractivity contribution is -0.144. The molecular formula is C24H38N2O5. The molecule has 1 aliphatic carbocycles. The van der Waals surface area contributed by atoms with Crippen LogP contribution in [-0.4, -0.2) is 87.1 Å². The summed E-state index contributed by atoms with van der Waals surface area (Å²) in [5.41, 5.74) is 1.17. The number of hydrogen-bond donors (Lipinski definition) is 1. The lowest BCUT2D eigenvalue weighted by atomic mass is 9.91. The first kappa shape index (κ1) is 23.8. The van der Waals surface area contributed by atoms with Gasteiger partial charge in [0, 0.05) is 12.6 Å². The van der Waals surface area contributed by atoms with Crippen LogP contribution in [-0.2, 0) is 16.0 Å². The predicted octanol–water partition coefficient (Wildman–Crippen LogP) is 2.91. The van der Waals surface area contributed by atoms with Crippen LogP contribution in [0.25, 0.3) is 0 Å². The van der Waals surface area contributed by atoms with Gasteiger partial charge in [0.15, 0.2) is 11.5 Å². The van der Waals surface area contributed by atoms with Gasteiger partial charge in [0.25, 0.3) is 0 Å². The quantitative estimate of drug-likeness (QED) is 0.607. The van der Waals surface area contributed by atoms with Crippen molar-refractivity contribution in [1.82, 2.24) is 9.80 Å². The zero-order valence-corrected chi connectivity index (χ0v) is 19.4. The van der Waals surface area contributed by atoms with Crippen LogP contribution in [0.5, 0.6) is 11.5 Å². The Hall–Kier alpha value is -1.83. The molecule has 1 heterocycles. The van der Waals surface area contributed by atoms with E-state index in [1.807, 2.05) is 31.1 Å². The summed E-state index contributed by atoms with van der Waals surface area (Å²) in [6.07, 6.45) is 6.61. The van der Waals surface area contributed by atoms with E-state index in [1.54, 1.807) is 14.2 Å². The molecule has 7 heteroatoms. The molecule has 1 aromatic rings. The van der Waals surface area contributed by atoms with Gasteiger partial charge in [-0.05, 0) is 69.9 Å². The van der Waals surface area contributed by atoms with Gasteiger partial charge in [-0.25, -0.2) is 0 Å². The van der Waals surface area contributed by atoms with E-state index in [0.717, 1.165) is 50.3 Å². The number of carboxylic acids is 1. The monoisotopic (exact) mass is 434 g/mol. The van der Waals surface area contributed by atoms with E-state index in [0.29, 0.717) is 12.6 Å². The van der Waals surface area contributed by atoms with Crippen molar-refractivity contribution in [3.8, 4) is 11.5 Å². The van der Waals surface area contributed by atoms with E-state index in [-0.39, 0.29) is 12.0 Å². The highest BCUT2D eigenvalue weighted by atomic mass is 16.5. The summed E-state index contributed by atoms with van der Waals surface area (Å²) >= 11 is 0. The fourth-order valence-electron chi connectivity index (χ4n) is 5.27. The molecule has 1 saturated carbocycles. The molecule has 1 aliphatic heterocycles. The average Bonchev–Trinajstić information content (AvgIpc) is 3.22. The van der Waals surface area contributed by atoms with Crippen molar-refractivity contribution in [2.75, 3.05) is 48.0 Å². The smallest absolute Gasteiger partial charge is 0.321 e. The number of rotatable bonds is 10. The maximum atomic E-state index is 11.7. The van der Waals surface area contributed by atoms with Crippen LogP contribution in [0.15, 0.2) is 18.2 Å². The molecule has 1 saturated heterocycles. The number of hydrogen-bond acceptors (Lipinski definition) is 6. The maximum Gasteiger partial charge on any atom is 0.321 e. The third kappa shape index (κ3) is 5.90. The van der Waals surface area contributed by atoms with Crippen LogP contribution in [0, 0.1) is 5.92 Å². The van der Waals surface area contributed by atoms with E-state index < -0.39 is 12.0 Å². The topological polar surface area (TPSA) is 71.5 Å². The Balaban J connectivity index is 1.56. The molecule has 174 valence electrons. The second kappa shape index (κ2) is 11.2. The van der Waals surface area contributed by atoms with Crippen LogP contribution in [0.1, 0.15) is 37.7 Å². The summed E-state index contributed by atoms with van der Waals surface area (Å²) in [4.78, 5) is 16.1. The van der Waals surface area contributed by atoms with Crippen molar-refractivity contribution in [2.45, 2.75) is 56.7 Å². The lowest BCUT2D eigenvalue weighted by Gasteiger charge is -2.38. The number of carboxylic acid groups (broad SMARTS) is 1. The van der Waals surface area contributed by atoms with Crippen molar-refractivity contribution in [1.29, 1.82) is 0 Å².